The van der Waals surface area contributed by atoms with Gasteiger partial charge < -0.3 is 9.72 Å². The van der Waals surface area contributed by atoms with E-state index in [4.69, 9.17) is 16.3 Å². The van der Waals surface area contributed by atoms with E-state index in [1.54, 1.807) is 0 Å². The van der Waals surface area contributed by atoms with E-state index >= 15 is 0 Å². The zero-order chi connectivity index (χ0) is 9.26. The van der Waals surface area contributed by atoms with Gasteiger partial charge in [-0.1, -0.05) is 11.6 Å². The summed E-state index contributed by atoms with van der Waals surface area (Å²) in [5.41, 5.74) is 0.799. The average Bonchev–Trinajstić information content (AvgIpc) is 2.52. The highest BCUT2D eigenvalue weighted by Crippen LogP contribution is 2.25. The minimum atomic E-state index is 0.485. The number of fused-ring (bicyclic) bond motifs is 1. The molecule has 0 aliphatic rings. The first kappa shape index (κ1) is 8.38. The lowest BCUT2D eigenvalue weighted by molar-refractivity contribution is 0.328. The average molecular weight is 197 g/mol. The molecule has 2 heterocycles. The summed E-state index contributed by atoms with van der Waals surface area (Å²) in [5.74, 6) is 0.485. The van der Waals surface area contributed by atoms with Gasteiger partial charge in [0, 0.05) is 11.6 Å². The minimum absolute atomic E-state index is 0.485. The number of nitrogens with one attached hydrogen (secondary N) is 1. The third-order valence-electron chi connectivity index (χ3n) is 1.74. The van der Waals surface area contributed by atoms with Gasteiger partial charge in [-0.15, -0.1) is 0 Å². The number of aromatic nitrogens is 2. The maximum absolute atomic E-state index is 5.94. The van der Waals surface area contributed by atoms with Crippen molar-refractivity contribution in [3.05, 3.63) is 23.4 Å². The van der Waals surface area contributed by atoms with Crippen LogP contribution in [0.1, 0.15) is 6.92 Å². The third-order valence-corrected chi connectivity index (χ3v) is 2.01. The van der Waals surface area contributed by atoms with E-state index in [0.717, 1.165) is 11.0 Å². The molecule has 1 N–H and O–H groups in total. The summed E-state index contributed by atoms with van der Waals surface area (Å²) >= 11 is 5.94. The van der Waals surface area contributed by atoms with Crippen molar-refractivity contribution in [3.63, 3.8) is 0 Å². The molecule has 3 nitrogen and oxygen atoms in total. The number of nitrogens with zero attached hydrogens (tertiary/aromatic N) is 1. The Labute approximate surface area is 80.7 Å². The van der Waals surface area contributed by atoms with E-state index in [9.17, 15) is 0 Å². The molecule has 0 aliphatic carbocycles. The first-order valence-corrected chi connectivity index (χ1v) is 4.45. The normalized spacial score (nSPS) is 10.6. The summed E-state index contributed by atoms with van der Waals surface area (Å²) in [6.07, 6.45) is 1.82. The molecular formula is C9H9ClN2O. The second kappa shape index (κ2) is 3.26. The molecular weight excluding hydrogens is 188 g/mol. The summed E-state index contributed by atoms with van der Waals surface area (Å²) in [7, 11) is 0. The van der Waals surface area contributed by atoms with Gasteiger partial charge in [-0.05, 0) is 19.1 Å². The number of aromatic amines is 1. The Bertz CT molecular complexity index is 424. The fourth-order valence-electron chi connectivity index (χ4n) is 1.18. The van der Waals surface area contributed by atoms with Crippen LogP contribution >= 0.6 is 11.6 Å². The van der Waals surface area contributed by atoms with Crippen molar-refractivity contribution in [1.29, 1.82) is 0 Å². The zero-order valence-corrected chi connectivity index (χ0v) is 7.93. The molecule has 0 aromatic carbocycles. The molecule has 0 spiro atoms. The standard InChI is InChI=1S/C9H9ClN2O/c1-2-13-9-7(10)5-6-3-4-11-8(6)12-9/h3-5H,2H2,1H3,(H,11,12). The lowest BCUT2D eigenvalue weighted by atomic mass is 10.3. The Morgan fingerprint density at radius 1 is 1.62 bits per heavy atom. The maximum atomic E-state index is 5.94. The van der Waals surface area contributed by atoms with Crippen LogP contribution in [-0.2, 0) is 0 Å². The molecule has 2 aromatic rings. The third kappa shape index (κ3) is 1.47. The first-order valence-electron chi connectivity index (χ1n) is 4.07. The molecule has 0 amide bonds. The largest absolute Gasteiger partial charge is 0.477 e. The lowest BCUT2D eigenvalue weighted by Crippen LogP contribution is -1.95. The summed E-state index contributed by atoms with van der Waals surface area (Å²) in [6.45, 7) is 2.47. The van der Waals surface area contributed by atoms with Crippen LogP contribution in [0.15, 0.2) is 18.3 Å². The monoisotopic (exact) mass is 196 g/mol. The molecule has 0 saturated carbocycles. The number of hydrogen-bond acceptors (Lipinski definition) is 2. The van der Waals surface area contributed by atoms with E-state index in [2.05, 4.69) is 9.97 Å². The molecule has 2 aromatic heterocycles. The summed E-state index contributed by atoms with van der Waals surface area (Å²) in [5, 5.41) is 1.54. The maximum Gasteiger partial charge on any atom is 0.234 e. The van der Waals surface area contributed by atoms with E-state index in [0.29, 0.717) is 17.5 Å². The van der Waals surface area contributed by atoms with E-state index in [1.807, 2.05) is 25.3 Å². The zero-order valence-electron chi connectivity index (χ0n) is 7.17. The second-order valence-corrected chi connectivity index (χ2v) is 3.03. The Kier molecular flexibility index (Phi) is 2.10. The molecule has 0 aliphatic heterocycles. The topological polar surface area (TPSA) is 37.9 Å². The van der Waals surface area contributed by atoms with E-state index in [1.165, 1.54) is 0 Å². The molecule has 13 heavy (non-hydrogen) atoms. The van der Waals surface area contributed by atoms with Gasteiger partial charge in [0.2, 0.25) is 5.88 Å². The predicted octanol–water partition coefficient (Wildman–Crippen LogP) is 2.62. The van der Waals surface area contributed by atoms with Crippen molar-refractivity contribution in [1.82, 2.24) is 9.97 Å². The predicted molar refractivity (Wildman–Crippen MR) is 52.3 cm³/mol. The Morgan fingerprint density at radius 2 is 2.46 bits per heavy atom. The van der Waals surface area contributed by atoms with Crippen LogP contribution in [-0.4, -0.2) is 16.6 Å². The van der Waals surface area contributed by atoms with Crippen molar-refractivity contribution in [3.8, 4) is 5.88 Å². The molecule has 0 fully saturated rings. The van der Waals surface area contributed by atoms with Crippen LogP contribution in [0, 0.1) is 0 Å². The number of hydrogen-bond donors (Lipinski definition) is 1. The van der Waals surface area contributed by atoms with Gasteiger partial charge in [0.15, 0.2) is 0 Å². The quantitative estimate of drug-likeness (QED) is 0.802. The fourth-order valence-corrected chi connectivity index (χ4v) is 1.39. The molecule has 0 unspecified atom stereocenters. The molecule has 0 saturated heterocycles. The van der Waals surface area contributed by atoms with Crippen molar-refractivity contribution in [2.75, 3.05) is 6.61 Å². The van der Waals surface area contributed by atoms with Crippen LogP contribution in [0.2, 0.25) is 5.02 Å². The smallest absolute Gasteiger partial charge is 0.234 e. The Hall–Kier alpha value is -1.22. The number of halogens is 1. The molecule has 0 radical (unpaired) electrons. The molecule has 0 bridgehead atoms. The van der Waals surface area contributed by atoms with Gasteiger partial charge in [0.1, 0.15) is 10.7 Å². The van der Waals surface area contributed by atoms with Crippen molar-refractivity contribution in [2.24, 2.45) is 0 Å². The number of H-pyrrole nitrogens is 1. The Balaban J connectivity index is 2.56. The highest BCUT2D eigenvalue weighted by molar-refractivity contribution is 6.32. The number of pyridine rings is 1. The molecule has 68 valence electrons. The van der Waals surface area contributed by atoms with Crippen molar-refractivity contribution >= 4 is 22.6 Å². The van der Waals surface area contributed by atoms with E-state index in [-0.39, 0.29) is 0 Å². The SMILES string of the molecule is CCOc1nc2[nH]ccc2cc1Cl. The molecule has 4 heteroatoms. The van der Waals surface area contributed by atoms with Gasteiger partial charge >= 0.3 is 0 Å². The number of rotatable bonds is 2. The van der Waals surface area contributed by atoms with Crippen LogP contribution in [0.5, 0.6) is 5.88 Å². The summed E-state index contributed by atoms with van der Waals surface area (Å²) < 4.78 is 5.25. The fraction of sp³-hybridized carbons (Fsp3) is 0.222. The summed E-state index contributed by atoms with van der Waals surface area (Å²) in [4.78, 5) is 7.21. The molecule has 2 rings (SSSR count). The lowest BCUT2D eigenvalue weighted by Gasteiger charge is -2.03. The van der Waals surface area contributed by atoms with E-state index < -0.39 is 0 Å². The Morgan fingerprint density at radius 3 is 3.23 bits per heavy atom. The van der Waals surface area contributed by atoms with Gasteiger partial charge in [0.05, 0.1) is 6.61 Å². The first-order chi connectivity index (χ1) is 6.31. The van der Waals surface area contributed by atoms with Gasteiger partial charge in [-0.3, -0.25) is 0 Å². The van der Waals surface area contributed by atoms with Gasteiger partial charge in [-0.25, -0.2) is 0 Å². The minimum Gasteiger partial charge on any atom is -0.477 e. The highest BCUT2D eigenvalue weighted by Gasteiger charge is 2.05. The van der Waals surface area contributed by atoms with Gasteiger partial charge in [-0.2, -0.15) is 4.98 Å². The summed E-state index contributed by atoms with van der Waals surface area (Å²) in [6, 6.07) is 3.76. The second-order valence-electron chi connectivity index (χ2n) is 2.62. The number of ether oxygens (including phenoxy) is 1. The van der Waals surface area contributed by atoms with Crippen molar-refractivity contribution < 1.29 is 4.74 Å². The van der Waals surface area contributed by atoms with Crippen molar-refractivity contribution in [2.45, 2.75) is 6.92 Å². The van der Waals surface area contributed by atoms with Crippen LogP contribution in [0.25, 0.3) is 11.0 Å². The van der Waals surface area contributed by atoms with Crippen LogP contribution in [0.3, 0.4) is 0 Å². The van der Waals surface area contributed by atoms with Gasteiger partial charge in [0.25, 0.3) is 0 Å². The molecule has 0 atom stereocenters. The highest BCUT2D eigenvalue weighted by atomic mass is 35.5. The van der Waals surface area contributed by atoms with Crippen LogP contribution < -0.4 is 4.74 Å². The van der Waals surface area contributed by atoms with Crippen LogP contribution in [0.4, 0.5) is 0 Å².